The molecular weight excluding hydrogens is 671 g/mol. The lowest BCUT2D eigenvalue weighted by Crippen LogP contribution is -2.41. The summed E-state index contributed by atoms with van der Waals surface area (Å²) in [6.07, 6.45) is -2.94. The molecule has 2 fully saturated rings. The highest BCUT2D eigenvalue weighted by Crippen LogP contribution is 2.40. The van der Waals surface area contributed by atoms with Gasteiger partial charge in [-0.25, -0.2) is 0 Å². The number of aromatic nitrogens is 2. The van der Waals surface area contributed by atoms with Crippen molar-refractivity contribution in [1.29, 1.82) is 0 Å². The van der Waals surface area contributed by atoms with E-state index in [1.165, 1.54) is 24.6 Å². The fourth-order valence-corrected chi connectivity index (χ4v) is 8.21. The van der Waals surface area contributed by atoms with Gasteiger partial charge >= 0.3 is 6.18 Å². The Morgan fingerprint density at radius 3 is 2.48 bits per heavy atom. The van der Waals surface area contributed by atoms with Crippen LogP contribution in [0.15, 0.2) is 47.4 Å². The average Bonchev–Trinajstić information content (AvgIpc) is 3.47. The number of fused-ring (bicyclic) bond motifs is 1. The first-order valence-electron chi connectivity index (χ1n) is 17.1. The van der Waals surface area contributed by atoms with E-state index in [0.29, 0.717) is 63.0 Å². The number of halogens is 3. The number of nitrogens with zero attached hydrogens (tertiary/aromatic N) is 5. The van der Waals surface area contributed by atoms with Crippen molar-refractivity contribution < 1.29 is 37.3 Å². The topological polar surface area (TPSA) is 100 Å². The number of alkyl halides is 3. The Kier molecular flexibility index (Phi) is 11.4. The lowest BCUT2D eigenvalue weighted by atomic mass is 9.88. The van der Waals surface area contributed by atoms with E-state index in [0.717, 1.165) is 60.8 Å². The van der Waals surface area contributed by atoms with Crippen LogP contribution in [0.2, 0.25) is 0 Å². The maximum absolute atomic E-state index is 14.1. The number of carbonyl (C=O) groups excluding carboxylic acids is 2. The number of aliphatic hydroxyl groups excluding tert-OH is 1. The van der Waals surface area contributed by atoms with E-state index in [1.54, 1.807) is 21.6 Å². The van der Waals surface area contributed by atoms with Gasteiger partial charge in [0.2, 0.25) is 11.8 Å². The number of hydrogen-bond acceptors (Lipinski definition) is 8. The second-order valence-electron chi connectivity index (χ2n) is 13.1. The SMILES string of the molecule is COc1ccccc1C1CCN(CC(O)Cn2nc(-c3ccc(C(F)(F)F)c(SCC(=O)N4CCOCC4)c3)c3c2CCN(C(C)=O)C3)CC1. The third-order valence-corrected chi connectivity index (χ3v) is 10.9. The summed E-state index contributed by atoms with van der Waals surface area (Å²) in [5, 5.41) is 16.2. The van der Waals surface area contributed by atoms with Crippen molar-refractivity contribution in [3.05, 3.63) is 64.8 Å². The number of β-amino-alcohol motifs (C(OH)–C–C–N with tert-alkyl or cyclic N) is 1. The minimum Gasteiger partial charge on any atom is -0.496 e. The van der Waals surface area contributed by atoms with Crippen molar-refractivity contribution in [2.45, 2.75) is 62.4 Å². The summed E-state index contributed by atoms with van der Waals surface area (Å²) in [4.78, 5) is 30.7. The number of morpholine rings is 1. The fourth-order valence-electron chi connectivity index (χ4n) is 7.19. The molecule has 3 aliphatic heterocycles. The summed E-state index contributed by atoms with van der Waals surface area (Å²) < 4.78 is 55.0. The number of thioether (sulfide) groups is 1. The van der Waals surface area contributed by atoms with Crippen LogP contribution in [0.1, 0.15) is 48.1 Å². The first kappa shape index (κ1) is 36.2. The number of benzene rings is 2. The first-order valence-corrected chi connectivity index (χ1v) is 18.1. The van der Waals surface area contributed by atoms with Crippen molar-refractivity contribution in [2.24, 2.45) is 0 Å². The monoisotopic (exact) mass is 715 g/mol. The van der Waals surface area contributed by atoms with Crippen LogP contribution in [0.4, 0.5) is 13.2 Å². The summed E-state index contributed by atoms with van der Waals surface area (Å²) in [6, 6.07) is 12.0. The number of carbonyl (C=O) groups is 2. The van der Waals surface area contributed by atoms with E-state index in [2.05, 4.69) is 11.0 Å². The molecular formula is C36H44F3N5O5S. The van der Waals surface area contributed by atoms with Crippen LogP contribution in [0.3, 0.4) is 0 Å². The van der Waals surface area contributed by atoms with E-state index < -0.39 is 17.8 Å². The van der Waals surface area contributed by atoms with Crippen LogP contribution in [0.5, 0.6) is 5.75 Å². The summed E-state index contributed by atoms with van der Waals surface area (Å²) in [5.74, 6) is 0.798. The summed E-state index contributed by atoms with van der Waals surface area (Å²) in [5.41, 5.74) is 2.96. The highest BCUT2D eigenvalue weighted by atomic mass is 32.2. The molecule has 0 radical (unpaired) electrons. The Bertz CT molecular complexity index is 1670. The highest BCUT2D eigenvalue weighted by Gasteiger charge is 2.35. The molecule has 3 aliphatic rings. The zero-order valence-electron chi connectivity index (χ0n) is 28.5. The molecule has 0 saturated carbocycles. The fraction of sp³-hybridized carbons (Fsp3) is 0.528. The Morgan fingerprint density at radius 1 is 1.04 bits per heavy atom. The normalized spacial score (nSPS) is 18.2. The molecule has 2 amide bonds. The van der Waals surface area contributed by atoms with Gasteiger partial charge in [0, 0.05) is 67.8 Å². The van der Waals surface area contributed by atoms with Gasteiger partial charge in [-0.2, -0.15) is 18.3 Å². The average molecular weight is 716 g/mol. The van der Waals surface area contributed by atoms with E-state index in [4.69, 9.17) is 14.6 Å². The Hall–Kier alpha value is -3.59. The maximum Gasteiger partial charge on any atom is 0.417 e. The lowest BCUT2D eigenvalue weighted by Gasteiger charge is -2.34. The molecule has 1 atom stereocenters. The number of ether oxygens (including phenoxy) is 2. The third kappa shape index (κ3) is 8.30. The van der Waals surface area contributed by atoms with Crippen molar-refractivity contribution in [1.82, 2.24) is 24.5 Å². The minimum atomic E-state index is -4.61. The number of para-hydroxylation sites is 1. The minimum absolute atomic E-state index is 0.0595. The predicted octanol–water partition coefficient (Wildman–Crippen LogP) is 4.67. The number of rotatable bonds is 10. The molecule has 6 rings (SSSR count). The molecule has 3 aromatic rings. The van der Waals surface area contributed by atoms with Crippen LogP contribution in [-0.4, -0.2) is 113 Å². The predicted molar refractivity (Wildman–Crippen MR) is 183 cm³/mol. The Balaban J connectivity index is 1.20. The quantitative estimate of drug-likeness (QED) is 0.303. The molecule has 50 heavy (non-hydrogen) atoms. The van der Waals surface area contributed by atoms with Gasteiger partial charge < -0.3 is 29.3 Å². The Labute approximate surface area is 294 Å². The van der Waals surface area contributed by atoms with E-state index >= 15 is 0 Å². The number of piperidine rings is 1. The largest absolute Gasteiger partial charge is 0.496 e. The molecule has 2 aromatic carbocycles. The van der Waals surface area contributed by atoms with Crippen molar-refractivity contribution in [3.63, 3.8) is 0 Å². The van der Waals surface area contributed by atoms with Crippen LogP contribution < -0.4 is 4.74 Å². The summed E-state index contributed by atoms with van der Waals surface area (Å²) in [6.45, 7) is 6.21. The van der Waals surface area contributed by atoms with E-state index in [9.17, 15) is 27.9 Å². The zero-order chi connectivity index (χ0) is 35.4. The molecule has 0 bridgehead atoms. The molecule has 0 spiro atoms. The van der Waals surface area contributed by atoms with Crippen LogP contribution in [0.25, 0.3) is 11.3 Å². The molecule has 270 valence electrons. The molecule has 14 heteroatoms. The van der Waals surface area contributed by atoms with Crippen molar-refractivity contribution in [2.75, 3.05) is 65.3 Å². The number of likely N-dealkylation sites (tertiary alicyclic amines) is 1. The van der Waals surface area contributed by atoms with Gasteiger partial charge in [-0.1, -0.05) is 24.3 Å². The second kappa shape index (κ2) is 15.7. The Morgan fingerprint density at radius 2 is 1.78 bits per heavy atom. The van der Waals surface area contributed by atoms with Crippen molar-refractivity contribution >= 4 is 23.6 Å². The third-order valence-electron chi connectivity index (χ3n) is 9.87. The summed E-state index contributed by atoms with van der Waals surface area (Å²) in [7, 11) is 1.69. The first-order chi connectivity index (χ1) is 24.0. The zero-order valence-corrected chi connectivity index (χ0v) is 29.3. The van der Waals surface area contributed by atoms with Gasteiger partial charge in [-0.15, -0.1) is 11.8 Å². The number of aliphatic hydroxyl groups is 1. The highest BCUT2D eigenvalue weighted by molar-refractivity contribution is 8.00. The maximum atomic E-state index is 14.1. The second-order valence-corrected chi connectivity index (χ2v) is 14.1. The number of methoxy groups -OCH3 is 1. The number of hydrogen-bond donors (Lipinski definition) is 1. The van der Waals surface area contributed by atoms with Gasteiger partial charge in [-0.05, 0) is 55.6 Å². The van der Waals surface area contributed by atoms with Crippen LogP contribution in [-0.2, 0) is 40.0 Å². The van der Waals surface area contributed by atoms with Gasteiger partial charge in [0.15, 0.2) is 0 Å². The van der Waals surface area contributed by atoms with Crippen LogP contribution >= 0.6 is 11.8 Å². The standard InChI is InChI=1S/C36H44F3N5O5S/c1-24(45)43-14-11-31-29(22-43)35(26-7-8-30(36(37,38)39)33(19-26)50-23-34(47)42-15-17-49-18-16-42)40-44(31)21-27(46)20-41-12-9-25(10-13-41)28-5-3-4-6-32(28)48-2/h3-8,19,25,27,46H,9-18,20-23H2,1-2H3. The lowest BCUT2D eigenvalue weighted by molar-refractivity contribution is -0.140. The molecule has 0 aliphatic carbocycles. The van der Waals surface area contributed by atoms with E-state index in [1.807, 2.05) is 18.2 Å². The number of amides is 2. The van der Waals surface area contributed by atoms with Gasteiger partial charge in [0.05, 0.1) is 50.0 Å². The molecule has 2 saturated heterocycles. The van der Waals surface area contributed by atoms with Crippen molar-refractivity contribution in [3.8, 4) is 17.0 Å². The van der Waals surface area contributed by atoms with E-state index in [-0.39, 0.29) is 35.6 Å². The molecule has 1 unspecified atom stereocenters. The molecule has 1 aromatic heterocycles. The smallest absolute Gasteiger partial charge is 0.417 e. The molecule has 10 nitrogen and oxygen atoms in total. The summed E-state index contributed by atoms with van der Waals surface area (Å²) >= 11 is 0.861. The molecule has 1 N–H and O–H groups in total. The molecule has 4 heterocycles. The van der Waals surface area contributed by atoms with Gasteiger partial charge in [0.1, 0.15) is 5.75 Å². The van der Waals surface area contributed by atoms with Gasteiger partial charge in [0.25, 0.3) is 0 Å². The van der Waals surface area contributed by atoms with Gasteiger partial charge in [-0.3, -0.25) is 14.3 Å². The van der Waals surface area contributed by atoms with Crippen LogP contribution in [0, 0.1) is 0 Å².